The van der Waals surface area contributed by atoms with Gasteiger partial charge in [0.25, 0.3) is 0 Å². The van der Waals surface area contributed by atoms with Gasteiger partial charge in [-0.2, -0.15) is 4.91 Å². The lowest BCUT2D eigenvalue weighted by molar-refractivity contribution is 0.536. The molecule has 5 heteroatoms. The van der Waals surface area contributed by atoms with E-state index in [4.69, 9.17) is 0 Å². The molecule has 0 aromatic rings. The fourth-order valence-corrected chi connectivity index (χ4v) is 0.962. The maximum atomic E-state index is 11.0. The molecule has 0 aromatic carbocycles. The number of nitroso groups, excluding NO2 is 1. The van der Waals surface area contributed by atoms with Gasteiger partial charge in [-0.1, -0.05) is 5.18 Å². The van der Waals surface area contributed by atoms with Crippen LogP contribution in [0.25, 0.3) is 0 Å². The zero-order valence-corrected chi connectivity index (χ0v) is 7.81. The zero-order valence-electron chi connectivity index (χ0n) is 6.99. The highest BCUT2D eigenvalue weighted by Crippen LogP contribution is 2.19. The molecule has 0 N–H and O–H groups in total. The standard InChI is InChI=1S/C6H13NO3S/c1-6(2,4-5-7-8)11(3,9)10/h4-5H2,1-3H3. The van der Waals surface area contributed by atoms with Crippen molar-refractivity contribution < 1.29 is 8.42 Å². The van der Waals surface area contributed by atoms with E-state index in [1.807, 2.05) is 0 Å². The van der Waals surface area contributed by atoms with Gasteiger partial charge >= 0.3 is 0 Å². The molecule has 0 radical (unpaired) electrons. The lowest BCUT2D eigenvalue weighted by Gasteiger charge is -2.20. The van der Waals surface area contributed by atoms with Crippen molar-refractivity contribution in [2.45, 2.75) is 25.0 Å². The molecule has 0 unspecified atom stereocenters. The molecular formula is C6H13NO3S. The number of hydrogen-bond acceptors (Lipinski definition) is 4. The maximum Gasteiger partial charge on any atom is 0.152 e. The molecule has 4 nitrogen and oxygen atoms in total. The Kier molecular flexibility index (Phi) is 3.16. The van der Waals surface area contributed by atoms with Gasteiger partial charge in [0, 0.05) is 6.26 Å². The summed E-state index contributed by atoms with van der Waals surface area (Å²) in [7, 11) is -3.07. The van der Waals surface area contributed by atoms with E-state index in [9.17, 15) is 13.3 Å². The van der Waals surface area contributed by atoms with E-state index in [1.165, 1.54) is 0 Å². The monoisotopic (exact) mass is 179 g/mol. The highest BCUT2D eigenvalue weighted by molar-refractivity contribution is 7.92. The van der Waals surface area contributed by atoms with Crippen molar-refractivity contribution >= 4 is 9.84 Å². The average molecular weight is 179 g/mol. The Bertz CT molecular complexity index is 230. The van der Waals surface area contributed by atoms with E-state index in [0.717, 1.165) is 6.26 Å². The number of nitrogens with zero attached hydrogens (tertiary/aromatic N) is 1. The van der Waals surface area contributed by atoms with Gasteiger partial charge in [0.15, 0.2) is 9.84 Å². The van der Waals surface area contributed by atoms with Crippen molar-refractivity contribution in [1.82, 2.24) is 0 Å². The van der Waals surface area contributed by atoms with Crippen molar-refractivity contribution in [3.8, 4) is 0 Å². The SMILES string of the molecule is CC(C)(CCN=O)S(C)(=O)=O. The van der Waals surface area contributed by atoms with Crippen LogP contribution in [0.15, 0.2) is 5.18 Å². The molecule has 0 aromatic heterocycles. The molecule has 0 heterocycles. The van der Waals surface area contributed by atoms with Crippen LogP contribution in [0.5, 0.6) is 0 Å². The Hall–Kier alpha value is -0.450. The first kappa shape index (κ1) is 10.6. The summed E-state index contributed by atoms with van der Waals surface area (Å²) in [5, 5.41) is 2.62. The first-order chi connectivity index (χ1) is 4.81. The van der Waals surface area contributed by atoms with Gasteiger partial charge in [0.05, 0.1) is 11.3 Å². The lowest BCUT2D eigenvalue weighted by Crippen LogP contribution is -2.31. The summed E-state index contributed by atoms with van der Waals surface area (Å²) in [6.45, 7) is 3.24. The highest BCUT2D eigenvalue weighted by Gasteiger charge is 2.29. The summed E-state index contributed by atoms with van der Waals surface area (Å²) < 4.78 is 21.2. The van der Waals surface area contributed by atoms with E-state index in [-0.39, 0.29) is 13.0 Å². The van der Waals surface area contributed by atoms with Crippen LogP contribution in [-0.4, -0.2) is 26.0 Å². The van der Waals surface area contributed by atoms with E-state index in [1.54, 1.807) is 13.8 Å². The molecule has 0 rings (SSSR count). The number of sulfone groups is 1. The largest absolute Gasteiger partial charge is 0.229 e. The zero-order chi connectivity index (χ0) is 9.12. The molecule has 0 aliphatic rings. The first-order valence-electron chi connectivity index (χ1n) is 3.30. The smallest absolute Gasteiger partial charge is 0.152 e. The van der Waals surface area contributed by atoms with E-state index >= 15 is 0 Å². The molecule has 0 aliphatic heterocycles. The van der Waals surface area contributed by atoms with Crippen molar-refractivity contribution in [2.75, 3.05) is 12.8 Å². The van der Waals surface area contributed by atoms with Crippen LogP contribution in [0.2, 0.25) is 0 Å². The third-order valence-electron chi connectivity index (χ3n) is 1.81. The molecular weight excluding hydrogens is 166 g/mol. The van der Waals surface area contributed by atoms with Crippen LogP contribution < -0.4 is 0 Å². The Balaban J connectivity index is 4.35. The molecule has 0 fully saturated rings. The van der Waals surface area contributed by atoms with Crippen LogP contribution in [-0.2, 0) is 9.84 Å². The van der Waals surface area contributed by atoms with E-state index in [0.29, 0.717) is 0 Å². The van der Waals surface area contributed by atoms with Gasteiger partial charge in [0.2, 0.25) is 0 Å². The highest BCUT2D eigenvalue weighted by atomic mass is 32.2. The van der Waals surface area contributed by atoms with Crippen molar-refractivity contribution in [1.29, 1.82) is 0 Å². The predicted octanol–water partition coefficient (Wildman–Crippen LogP) is 0.966. The van der Waals surface area contributed by atoms with Gasteiger partial charge in [-0.25, -0.2) is 8.42 Å². The third-order valence-corrected chi connectivity index (χ3v) is 4.02. The van der Waals surface area contributed by atoms with Crippen LogP contribution in [0, 0.1) is 4.91 Å². The molecule has 0 bridgehead atoms. The maximum absolute atomic E-state index is 11.0. The van der Waals surface area contributed by atoms with Crippen molar-refractivity contribution in [2.24, 2.45) is 5.18 Å². The summed E-state index contributed by atoms with van der Waals surface area (Å²) >= 11 is 0. The number of rotatable bonds is 4. The molecule has 0 atom stereocenters. The predicted molar refractivity (Wildman–Crippen MR) is 44.2 cm³/mol. The molecule has 0 aliphatic carbocycles. The van der Waals surface area contributed by atoms with Crippen LogP contribution in [0.1, 0.15) is 20.3 Å². The molecule has 0 saturated heterocycles. The Labute approximate surface area is 66.9 Å². The van der Waals surface area contributed by atoms with Gasteiger partial charge in [-0.15, -0.1) is 0 Å². The third kappa shape index (κ3) is 2.96. The fraction of sp³-hybridized carbons (Fsp3) is 1.00. The van der Waals surface area contributed by atoms with Gasteiger partial charge < -0.3 is 0 Å². The molecule has 0 saturated carbocycles. The molecule has 0 amide bonds. The second-order valence-electron chi connectivity index (χ2n) is 3.13. The summed E-state index contributed by atoms with van der Waals surface area (Å²) in [5.41, 5.74) is 0. The average Bonchev–Trinajstić information content (AvgIpc) is 1.81. The lowest BCUT2D eigenvalue weighted by atomic mass is 10.1. The van der Waals surface area contributed by atoms with Crippen LogP contribution >= 0.6 is 0 Å². The molecule has 66 valence electrons. The molecule has 11 heavy (non-hydrogen) atoms. The second-order valence-corrected chi connectivity index (χ2v) is 5.78. The minimum Gasteiger partial charge on any atom is -0.229 e. The number of hydrogen-bond donors (Lipinski definition) is 0. The Morgan fingerprint density at radius 1 is 1.36 bits per heavy atom. The Morgan fingerprint density at radius 3 is 2.09 bits per heavy atom. The summed E-state index contributed by atoms with van der Waals surface area (Å²) in [6, 6.07) is 0. The summed E-state index contributed by atoms with van der Waals surface area (Å²) in [6.07, 6.45) is 1.45. The normalized spacial score (nSPS) is 13.0. The van der Waals surface area contributed by atoms with Crippen molar-refractivity contribution in [3.63, 3.8) is 0 Å². The van der Waals surface area contributed by atoms with E-state index < -0.39 is 14.6 Å². The second kappa shape index (κ2) is 3.30. The topological polar surface area (TPSA) is 63.6 Å². The minimum atomic E-state index is -3.07. The van der Waals surface area contributed by atoms with Crippen LogP contribution in [0.4, 0.5) is 0 Å². The quantitative estimate of drug-likeness (QED) is 0.604. The summed E-state index contributed by atoms with van der Waals surface area (Å²) in [5.74, 6) is 0. The Morgan fingerprint density at radius 2 is 1.82 bits per heavy atom. The van der Waals surface area contributed by atoms with Gasteiger partial charge in [-0.3, -0.25) is 0 Å². The van der Waals surface area contributed by atoms with Gasteiger partial charge in [-0.05, 0) is 20.3 Å². The first-order valence-corrected chi connectivity index (χ1v) is 5.19. The minimum absolute atomic E-state index is 0.0556. The van der Waals surface area contributed by atoms with Crippen LogP contribution in [0.3, 0.4) is 0 Å². The molecule has 0 spiro atoms. The fourth-order valence-electron chi connectivity index (χ4n) is 0.500. The van der Waals surface area contributed by atoms with Crippen molar-refractivity contribution in [3.05, 3.63) is 4.91 Å². The summed E-state index contributed by atoms with van der Waals surface area (Å²) in [4.78, 5) is 9.73. The van der Waals surface area contributed by atoms with Gasteiger partial charge in [0.1, 0.15) is 0 Å². The van der Waals surface area contributed by atoms with E-state index in [2.05, 4.69) is 5.18 Å².